The van der Waals surface area contributed by atoms with Crippen molar-refractivity contribution in [2.45, 2.75) is 50.6 Å². The van der Waals surface area contributed by atoms with Crippen LogP contribution in [0.4, 0.5) is 5.69 Å². The highest BCUT2D eigenvalue weighted by Crippen LogP contribution is 2.27. The third-order valence-corrected chi connectivity index (χ3v) is 6.70. The molecule has 1 amide bonds. The lowest BCUT2D eigenvalue weighted by atomic mass is 10.0. The van der Waals surface area contributed by atoms with Gasteiger partial charge < -0.3 is 5.32 Å². The molecule has 1 aromatic carbocycles. The molecule has 0 radical (unpaired) electrons. The summed E-state index contributed by atoms with van der Waals surface area (Å²) in [4.78, 5) is 29.9. The average molecular weight is 441 g/mol. The number of nitrogens with zero attached hydrogens (tertiary/aromatic N) is 4. The number of amides is 1. The number of rotatable bonds is 8. The number of aromatic amines is 1. The minimum absolute atomic E-state index is 0.194. The largest absolute Gasteiger partial charge is 0.320 e. The van der Waals surface area contributed by atoms with Crippen molar-refractivity contribution >= 4 is 23.4 Å². The molecule has 0 saturated heterocycles. The molecule has 164 valence electrons. The number of thioether (sulfide) groups is 1. The molecule has 1 saturated carbocycles. The molecule has 0 aliphatic heterocycles. The molecular formula is C22H28N6O2S. The lowest BCUT2D eigenvalue weighted by Gasteiger charge is -2.07. The lowest BCUT2D eigenvalue weighted by molar-refractivity contribution is -0.115. The first-order chi connectivity index (χ1) is 15.0. The van der Waals surface area contributed by atoms with Gasteiger partial charge in [-0.15, -0.1) is 5.10 Å². The molecule has 4 rings (SSSR count). The van der Waals surface area contributed by atoms with Crippen molar-refractivity contribution in [2.75, 3.05) is 11.1 Å². The number of para-hydroxylation sites is 1. The van der Waals surface area contributed by atoms with Gasteiger partial charge >= 0.3 is 0 Å². The van der Waals surface area contributed by atoms with Crippen LogP contribution in [0.2, 0.25) is 0 Å². The maximum atomic E-state index is 12.9. The van der Waals surface area contributed by atoms with Gasteiger partial charge in [-0.05, 0) is 25.0 Å². The molecule has 0 spiro atoms. The van der Waals surface area contributed by atoms with Crippen LogP contribution in [0.25, 0.3) is 5.69 Å². The van der Waals surface area contributed by atoms with Gasteiger partial charge in [-0.3, -0.25) is 19.4 Å². The van der Waals surface area contributed by atoms with Gasteiger partial charge in [-0.2, -0.15) is 0 Å². The zero-order valence-corrected chi connectivity index (χ0v) is 18.7. The number of hydrogen-bond donors (Lipinski definition) is 2. The van der Waals surface area contributed by atoms with Gasteiger partial charge in [-0.25, -0.2) is 9.67 Å². The van der Waals surface area contributed by atoms with E-state index in [0.717, 1.165) is 17.9 Å². The van der Waals surface area contributed by atoms with Crippen LogP contribution in [0.1, 0.15) is 43.6 Å². The highest BCUT2D eigenvalue weighted by molar-refractivity contribution is 7.99. The Labute approximate surface area is 185 Å². The van der Waals surface area contributed by atoms with Crippen LogP contribution >= 0.6 is 11.8 Å². The number of H-pyrrole nitrogens is 1. The highest BCUT2D eigenvalue weighted by atomic mass is 32.2. The van der Waals surface area contributed by atoms with Gasteiger partial charge in [0.1, 0.15) is 11.5 Å². The Kier molecular flexibility index (Phi) is 6.60. The molecule has 0 unspecified atom stereocenters. The van der Waals surface area contributed by atoms with Gasteiger partial charge in [-0.1, -0.05) is 55.6 Å². The molecule has 2 aromatic heterocycles. The molecule has 8 nitrogen and oxygen atoms in total. The summed E-state index contributed by atoms with van der Waals surface area (Å²) < 4.78 is 3.31. The smallest absolute Gasteiger partial charge is 0.295 e. The van der Waals surface area contributed by atoms with Gasteiger partial charge in [0, 0.05) is 25.6 Å². The fourth-order valence-electron chi connectivity index (χ4n) is 4.07. The van der Waals surface area contributed by atoms with Crippen molar-refractivity contribution < 1.29 is 4.79 Å². The topological polar surface area (TPSA) is 97.6 Å². The average Bonchev–Trinajstić information content (AvgIpc) is 3.48. The van der Waals surface area contributed by atoms with E-state index in [1.807, 2.05) is 44.3 Å². The molecule has 0 bridgehead atoms. The Balaban J connectivity index is 1.32. The molecule has 1 aliphatic carbocycles. The van der Waals surface area contributed by atoms with Gasteiger partial charge in [0.05, 0.1) is 11.4 Å². The molecule has 1 fully saturated rings. The molecule has 3 aromatic rings. The molecule has 2 N–H and O–H groups in total. The van der Waals surface area contributed by atoms with Gasteiger partial charge in [0.25, 0.3) is 5.56 Å². The summed E-state index contributed by atoms with van der Waals surface area (Å²) in [5, 5.41) is 10.7. The quantitative estimate of drug-likeness (QED) is 0.523. The molecule has 0 atom stereocenters. The lowest BCUT2D eigenvalue weighted by Crippen LogP contribution is -2.23. The first-order valence-corrected chi connectivity index (χ1v) is 11.7. The van der Waals surface area contributed by atoms with E-state index < -0.39 is 0 Å². The molecule has 31 heavy (non-hydrogen) atoms. The van der Waals surface area contributed by atoms with Gasteiger partial charge in [0.2, 0.25) is 11.1 Å². The monoisotopic (exact) mass is 440 g/mol. The van der Waals surface area contributed by atoms with Crippen molar-refractivity contribution in [1.29, 1.82) is 0 Å². The number of benzene rings is 1. The fraction of sp³-hybridized carbons (Fsp3) is 0.455. The Hall–Kier alpha value is -2.81. The van der Waals surface area contributed by atoms with E-state index in [1.54, 1.807) is 9.36 Å². The van der Waals surface area contributed by atoms with Crippen molar-refractivity contribution in [3.8, 4) is 5.69 Å². The Morgan fingerprint density at radius 1 is 1.26 bits per heavy atom. The van der Waals surface area contributed by atoms with Crippen molar-refractivity contribution in [3.63, 3.8) is 0 Å². The number of anilines is 1. The number of aromatic nitrogens is 5. The summed E-state index contributed by atoms with van der Waals surface area (Å²) >= 11 is 1.45. The number of carbonyl (C=O) groups excluding carboxylic acids is 1. The predicted octanol–water partition coefficient (Wildman–Crippen LogP) is 3.46. The maximum Gasteiger partial charge on any atom is 0.295 e. The summed E-state index contributed by atoms with van der Waals surface area (Å²) in [6.07, 6.45) is 6.40. The third kappa shape index (κ3) is 4.92. The first kappa shape index (κ1) is 21.4. The van der Waals surface area contributed by atoms with Crippen LogP contribution in [0.15, 0.2) is 40.3 Å². The van der Waals surface area contributed by atoms with Crippen LogP contribution in [0, 0.1) is 12.8 Å². The minimum Gasteiger partial charge on any atom is -0.320 e. The second-order valence-electron chi connectivity index (χ2n) is 8.00. The molecule has 9 heteroatoms. The van der Waals surface area contributed by atoms with Crippen molar-refractivity contribution in [3.05, 3.63) is 52.2 Å². The van der Waals surface area contributed by atoms with E-state index in [4.69, 9.17) is 0 Å². The summed E-state index contributed by atoms with van der Waals surface area (Å²) in [5.74, 6) is 2.00. The molecular weight excluding hydrogens is 412 g/mol. The standard InChI is InChI=1S/C22H28N6O2S/c1-15-20(21(30)28(27(15)2)17-10-4-3-5-11-17)24-19(29)12-13-31-22-23-18(25-26-22)14-16-8-6-7-9-16/h3-5,10-11,16H,6-9,12-14H2,1-2H3,(H,24,29)(H,23,25,26). The summed E-state index contributed by atoms with van der Waals surface area (Å²) in [6.45, 7) is 1.82. The van der Waals surface area contributed by atoms with Crippen LogP contribution in [0.3, 0.4) is 0 Å². The molecule has 2 heterocycles. The second kappa shape index (κ2) is 9.55. The van der Waals surface area contributed by atoms with Crippen LogP contribution in [-0.2, 0) is 18.3 Å². The van der Waals surface area contributed by atoms with E-state index in [0.29, 0.717) is 28.2 Å². The van der Waals surface area contributed by atoms with Crippen molar-refractivity contribution in [1.82, 2.24) is 24.5 Å². The maximum absolute atomic E-state index is 12.9. The molecule has 1 aliphatic rings. The van der Waals surface area contributed by atoms with Crippen LogP contribution in [0.5, 0.6) is 0 Å². The third-order valence-electron chi connectivity index (χ3n) is 5.85. The second-order valence-corrected chi connectivity index (χ2v) is 9.06. The van der Waals surface area contributed by atoms with Crippen LogP contribution < -0.4 is 10.9 Å². The van der Waals surface area contributed by atoms with E-state index in [1.165, 1.54) is 37.4 Å². The Morgan fingerprint density at radius 3 is 2.74 bits per heavy atom. The summed E-state index contributed by atoms with van der Waals surface area (Å²) in [7, 11) is 1.81. The van der Waals surface area contributed by atoms with E-state index in [2.05, 4.69) is 20.5 Å². The normalized spacial score (nSPS) is 14.3. The van der Waals surface area contributed by atoms with E-state index in [-0.39, 0.29) is 17.9 Å². The van der Waals surface area contributed by atoms with Crippen molar-refractivity contribution in [2.24, 2.45) is 13.0 Å². The van der Waals surface area contributed by atoms with Crippen LogP contribution in [-0.4, -0.2) is 36.2 Å². The predicted molar refractivity (Wildman–Crippen MR) is 122 cm³/mol. The highest BCUT2D eigenvalue weighted by Gasteiger charge is 2.19. The fourth-order valence-corrected chi connectivity index (χ4v) is 4.83. The summed E-state index contributed by atoms with van der Waals surface area (Å²) in [5.41, 5.74) is 1.54. The number of carbonyl (C=O) groups is 1. The Morgan fingerprint density at radius 2 is 2.00 bits per heavy atom. The number of nitrogens with one attached hydrogen (secondary N) is 2. The van der Waals surface area contributed by atoms with E-state index in [9.17, 15) is 9.59 Å². The Bertz CT molecular complexity index is 1100. The zero-order valence-electron chi connectivity index (χ0n) is 17.9. The summed E-state index contributed by atoms with van der Waals surface area (Å²) in [6, 6.07) is 9.38. The SMILES string of the molecule is Cc1c(NC(=O)CCSc2n[nH]c(CC3CCCC3)n2)c(=O)n(-c2ccccc2)n1C. The minimum atomic E-state index is -0.238. The zero-order chi connectivity index (χ0) is 21.8. The van der Waals surface area contributed by atoms with E-state index >= 15 is 0 Å². The first-order valence-electron chi connectivity index (χ1n) is 10.7. The number of hydrogen-bond acceptors (Lipinski definition) is 5. The van der Waals surface area contributed by atoms with Gasteiger partial charge in [0.15, 0.2) is 0 Å².